The third kappa shape index (κ3) is 6.78. The van der Waals surface area contributed by atoms with Crippen LogP contribution >= 0.6 is 0 Å². The third-order valence-electron chi connectivity index (χ3n) is 4.87. The predicted octanol–water partition coefficient (Wildman–Crippen LogP) is 1.41. The SMILES string of the molecule is CCOC(=O)c1ccc(N2CCN(CC(=O)NC(=O)NCc3ccccc3)CC2)nc1. The molecular weight excluding hydrogens is 398 g/mol. The minimum atomic E-state index is -0.502. The predicted molar refractivity (Wildman–Crippen MR) is 116 cm³/mol. The van der Waals surface area contributed by atoms with Crippen molar-refractivity contribution in [2.24, 2.45) is 0 Å². The monoisotopic (exact) mass is 425 g/mol. The van der Waals surface area contributed by atoms with Crippen LogP contribution < -0.4 is 15.5 Å². The number of nitrogens with one attached hydrogen (secondary N) is 2. The summed E-state index contributed by atoms with van der Waals surface area (Å²) in [4.78, 5) is 44.2. The van der Waals surface area contributed by atoms with E-state index in [0.29, 0.717) is 44.9 Å². The van der Waals surface area contributed by atoms with Crippen LogP contribution in [-0.4, -0.2) is 67.1 Å². The van der Waals surface area contributed by atoms with Gasteiger partial charge in [-0.15, -0.1) is 0 Å². The van der Waals surface area contributed by atoms with Crippen LogP contribution in [-0.2, 0) is 16.1 Å². The Balaban J connectivity index is 1.39. The molecule has 9 nitrogen and oxygen atoms in total. The number of esters is 1. The molecule has 0 spiro atoms. The van der Waals surface area contributed by atoms with Gasteiger partial charge in [0.1, 0.15) is 5.82 Å². The van der Waals surface area contributed by atoms with Crippen LogP contribution in [0.25, 0.3) is 0 Å². The molecule has 2 N–H and O–H groups in total. The number of nitrogens with zero attached hydrogens (tertiary/aromatic N) is 3. The van der Waals surface area contributed by atoms with Gasteiger partial charge in [0.15, 0.2) is 0 Å². The number of pyridine rings is 1. The highest BCUT2D eigenvalue weighted by Gasteiger charge is 2.21. The maximum absolute atomic E-state index is 12.2. The second kappa shape index (κ2) is 11.1. The number of benzene rings is 1. The molecule has 1 aromatic heterocycles. The fourth-order valence-electron chi connectivity index (χ4n) is 3.24. The summed E-state index contributed by atoms with van der Waals surface area (Å²) in [6.45, 7) is 5.32. The van der Waals surface area contributed by atoms with E-state index >= 15 is 0 Å². The molecule has 0 radical (unpaired) electrons. The molecular formula is C22H27N5O4. The molecule has 1 aromatic carbocycles. The van der Waals surface area contributed by atoms with Crippen molar-refractivity contribution in [3.05, 3.63) is 59.8 Å². The molecule has 2 aromatic rings. The van der Waals surface area contributed by atoms with Crippen molar-refractivity contribution >= 4 is 23.7 Å². The lowest BCUT2D eigenvalue weighted by Gasteiger charge is -2.34. The maximum atomic E-state index is 12.2. The second-order valence-corrected chi connectivity index (χ2v) is 7.11. The van der Waals surface area contributed by atoms with Crippen molar-refractivity contribution in [2.75, 3.05) is 44.2 Å². The molecule has 3 rings (SSSR count). The zero-order valence-electron chi connectivity index (χ0n) is 17.5. The number of amides is 3. The van der Waals surface area contributed by atoms with Crippen molar-refractivity contribution in [1.82, 2.24) is 20.5 Å². The van der Waals surface area contributed by atoms with Gasteiger partial charge < -0.3 is 15.0 Å². The molecule has 164 valence electrons. The summed E-state index contributed by atoms with van der Waals surface area (Å²) in [7, 11) is 0. The topological polar surface area (TPSA) is 104 Å². The maximum Gasteiger partial charge on any atom is 0.339 e. The Morgan fingerprint density at radius 1 is 1.03 bits per heavy atom. The Morgan fingerprint density at radius 3 is 2.42 bits per heavy atom. The van der Waals surface area contributed by atoms with Gasteiger partial charge in [-0.3, -0.25) is 15.0 Å². The molecule has 1 fully saturated rings. The number of piperazine rings is 1. The summed E-state index contributed by atoms with van der Waals surface area (Å²) in [6.07, 6.45) is 1.52. The van der Waals surface area contributed by atoms with Crippen LogP contribution in [0, 0.1) is 0 Å². The van der Waals surface area contributed by atoms with E-state index in [9.17, 15) is 14.4 Å². The molecule has 31 heavy (non-hydrogen) atoms. The lowest BCUT2D eigenvalue weighted by Crippen LogP contribution is -2.51. The molecule has 0 bridgehead atoms. The fourth-order valence-corrected chi connectivity index (χ4v) is 3.24. The van der Waals surface area contributed by atoms with Crippen LogP contribution in [0.5, 0.6) is 0 Å². The summed E-state index contributed by atoms with van der Waals surface area (Å²) < 4.78 is 4.96. The molecule has 0 unspecified atom stereocenters. The van der Waals surface area contributed by atoms with Crippen LogP contribution in [0.4, 0.5) is 10.6 Å². The molecule has 1 aliphatic heterocycles. The first-order chi connectivity index (χ1) is 15.0. The van der Waals surface area contributed by atoms with Gasteiger partial charge >= 0.3 is 12.0 Å². The second-order valence-electron chi connectivity index (χ2n) is 7.11. The summed E-state index contributed by atoms with van der Waals surface area (Å²) >= 11 is 0. The number of carbonyl (C=O) groups is 3. The van der Waals surface area contributed by atoms with E-state index in [-0.39, 0.29) is 18.4 Å². The van der Waals surface area contributed by atoms with Crippen molar-refractivity contribution in [1.29, 1.82) is 0 Å². The van der Waals surface area contributed by atoms with Crippen molar-refractivity contribution < 1.29 is 19.1 Å². The minimum absolute atomic E-state index is 0.155. The number of hydrogen-bond donors (Lipinski definition) is 2. The van der Waals surface area contributed by atoms with E-state index in [4.69, 9.17) is 4.74 Å². The van der Waals surface area contributed by atoms with Gasteiger partial charge in [0.2, 0.25) is 5.91 Å². The first-order valence-electron chi connectivity index (χ1n) is 10.3. The number of hydrogen-bond acceptors (Lipinski definition) is 7. The van der Waals surface area contributed by atoms with Gasteiger partial charge in [-0.2, -0.15) is 0 Å². The van der Waals surface area contributed by atoms with E-state index in [1.807, 2.05) is 35.2 Å². The average molecular weight is 425 g/mol. The van der Waals surface area contributed by atoms with E-state index < -0.39 is 6.03 Å². The first kappa shape index (κ1) is 22.2. The number of rotatable bonds is 7. The molecule has 0 aliphatic carbocycles. The van der Waals surface area contributed by atoms with Crippen LogP contribution in [0.3, 0.4) is 0 Å². The zero-order chi connectivity index (χ0) is 22.1. The molecule has 9 heteroatoms. The van der Waals surface area contributed by atoms with Gasteiger partial charge in [0.25, 0.3) is 0 Å². The Labute approximate surface area is 181 Å². The number of ether oxygens (including phenoxy) is 1. The van der Waals surface area contributed by atoms with Gasteiger partial charge in [-0.05, 0) is 24.6 Å². The molecule has 0 atom stereocenters. The summed E-state index contributed by atoms with van der Waals surface area (Å²) in [5, 5.41) is 5.04. The first-order valence-corrected chi connectivity index (χ1v) is 10.3. The largest absolute Gasteiger partial charge is 0.462 e. The Morgan fingerprint density at radius 2 is 1.77 bits per heavy atom. The van der Waals surface area contributed by atoms with E-state index in [1.165, 1.54) is 6.20 Å². The summed E-state index contributed by atoms with van der Waals surface area (Å²) in [5.74, 6) is 0.0542. The molecule has 3 amide bonds. The van der Waals surface area contributed by atoms with Crippen LogP contribution in [0.1, 0.15) is 22.8 Å². The quantitative estimate of drug-likeness (QED) is 0.647. The highest BCUT2D eigenvalue weighted by molar-refractivity contribution is 5.95. The Hall–Kier alpha value is -3.46. The molecule has 1 saturated heterocycles. The number of anilines is 1. The highest BCUT2D eigenvalue weighted by atomic mass is 16.5. The molecule has 0 saturated carbocycles. The standard InChI is InChI=1S/C22H27N5O4/c1-2-31-21(29)18-8-9-19(23-15-18)27-12-10-26(11-13-27)16-20(28)25-22(30)24-14-17-6-4-3-5-7-17/h3-9,15H,2,10-14,16H2,1H3,(H2,24,25,28,30). The van der Waals surface area contributed by atoms with Gasteiger partial charge in [0.05, 0.1) is 18.7 Å². The highest BCUT2D eigenvalue weighted by Crippen LogP contribution is 2.14. The lowest BCUT2D eigenvalue weighted by atomic mass is 10.2. The van der Waals surface area contributed by atoms with Crippen molar-refractivity contribution in [3.8, 4) is 0 Å². The van der Waals surface area contributed by atoms with Gasteiger partial charge in [0, 0.05) is 38.9 Å². The summed E-state index contributed by atoms with van der Waals surface area (Å²) in [6, 6.07) is 12.5. The third-order valence-corrected chi connectivity index (χ3v) is 4.87. The van der Waals surface area contributed by atoms with E-state index in [0.717, 1.165) is 11.4 Å². The Bertz CT molecular complexity index is 881. The Kier molecular flexibility index (Phi) is 7.94. The van der Waals surface area contributed by atoms with E-state index in [2.05, 4.69) is 20.5 Å². The zero-order valence-corrected chi connectivity index (χ0v) is 17.5. The number of carbonyl (C=O) groups excluding carboxylic acids is 3. The number of imide groups is 1. The average Bonchev–Trinajstić information content (AvgIpc) is 2.79. The van der Waals surface area contributed by atoms with Crippen molar-refractivity contribution in [3.63, 3.8) is 0 Å². The van der Waals surface area contributed by atoms with Crippen LogP contribution in [0.15, 0.2) is 48.7 Å². The smallest absolute Gasteiger partial charge is 0.339 e. The number of urea groups is 1. The minimum Gasteiger partial charge on any atom is -0.462 e. The summed E-state index contributed by atoms with van der Waals surface area (Å²) in [5.41, 5.74) is 1.39. The normalized spacial score (nSPS) is 14.0. The van der Waals surface area contributed by atoms with Crippen LogP contribution in [0.2, 0.25) is 0 Å². The molecule has 1 aliphatic rings. The lowest BCUT2D eigenvalue weighted by molar-refractivity contribution is -0.121. The molecule has 2 heterocycles. The van der Waals surface area contributed by atoms with Gasteiger partial charge in [-0.1, -0.05) is 30.3 Å². The van der Waals surface area contributed by atoms with Crippen molar-refractivity contribution in [2.45, 2.75) is 13.5 Å². The number of aromatic nitrogens is 1. The van der Waals surface area contributed by atoms with E-state index in [1.54, 1.807) is 19.1 Å². The fraction of sp³-hybridized carbons (Fsp3) is 0.364. The van der Waals surface area contributed by atoms with Gasteiger partial charge in [-0.25, -0.2) is 14.6 Å².